The third-order valence-electron chi connectivity index (χ3n) is 6.96. The molecule has 1 N–H and O–H groups in total. The minimum absolute atomic E-state index is 0.0831. The topological polar surface area (TPSA) is 86.8 Å². The molecule has 0 aromatic heterocycles. The smallest absolute Gasteiger partial charge is 0.244 e. The molecule has 3 aromatic carbocycles. The van der Waals surface area contributed by atoms with Crippen LogP contribution in [-0.4, -0.2) is 50.0 Å². The van der Waals surface area contributed by atoms with E-state index >= 15 is 0 Å². The van der Waals surface area contributed by atoms with Gasteiger partial charge >= 0.3 is 0 Å². The van der Waals surface area contributed by atoms with Crippen molar-refractivity contribution in [1.82, 2.24) is 10.2 Å². The summed E-state index contributed by atoms with van der Waals surface area (Å²) in [6.45, 7) is -0.248. The minimum Gasteiger partial charge on any atom is -0.352 e. The number of amides is 2. The Morgan fingerprint density at radius 1 is 0.897 bits per heavy atom. The van der Waals surface area contributed by atoms with Crippen molar-refractivity contribution in [3.63, 3.8) is 0 Å². The summed E-state index contributed by atoms with van der Waals surface area (Å²) in [6.07, 6.45) is 5.37. The number of halogens is 1. The van der Waals surface area contributed by atoms with Crippen LogP contribution in [0.2, 0.25) is 0 Å². The Morgan fingerprint density at radius 3 is 2.03 bits per heavy atom. The maximum atomic E-state index is 14.0. The van der Waals surface area contributed by atoms with Crippen molar-refractivity contribution in [2.24, 2.45) is 0 Å². The molecule has 1 aliphatic carbocycles. The Labute approximate surface area is 239 Å². The first-order valence-corrected chi connectivity index (χ1v) is 15.8. The molecule has 1 atom stereocenters. The number of carbonyl (C=O) groups excluding carboxylic acids is 2. The van der Waals surface area contributed by atoms with Crippen LogP contribution >= 0.6 is 15.9 Å². The van der Waals surface area contributed by atoms with Gasteiger partial charge in [-0.05, 0) is 48.2 Å². The lowest BCUT2D eigenvalue weighted by molar-refractivity contribution is -0.140. The van der Waals surface area contributed by atoms with E-state index in [-0.39, 0.29) is 18.5 Å². The molecule has 0 heterocycles. The Hall–Kier alpha value is -3.17. The fraction of sp³-hybridized carbons (Fsp3) is 0.333. The first kappa shape index (κ1) is 28.8. The molecule has 1 fully saturated rings. The molecular weight excluding hydrogens is 578 g/mol. The standard InChI is InChI=1S/C30H34BrN3O4S/c1-39(37,38)34(27-18-16-25(31)17-19-27)22-29(35)33(21-24-12-6-3-7-13-24)28(20-23-10-4-2-5-11-23)30(36)32-26-14-8-9-15-26/h2-7,10-13,16-19,26,28H,8-9,14-15,20-22H2,1H3,(H,32,36)/t28-/m1/s1. The lowest BCUT2D eigenvalue weighted by Gasteiger charge is -2.34. The fourth-order valence-corrected chi connectivity index (χ4v) is 6.04. The molecule has 0 saturated heterocycles. The first-order valence-electron chi connectivity index (χ1n) is 13.1. The van der Waals surface area contributed by atoms with Gasteiger partial charge in [-0.2, -0.15) is 0 Å². The highest BCUT2D eigenvalue weighted by Gasteiger charge is 2.34. The van der Waals surface area contributed by atoms with Crippen molar-refractivity contribution in [2.75, 3.05) is 17.1 Å². The lowest BCUT2D eigenvalue weighted by Crippen LogP contribution is -2.54. The van der Waals surface area contributed by atoms with Gasteiger partial charge in [0.25, 0.3) is 0 Å². The Morgan fingerprint density at radius 2 is 1.46 bits per heavy atom. The van der Waals surface area contributed by atoms with Crippen LogP contribution in [0.5, 0.6) is 0 Å². The van der Waals surface area contributed by atoms with Crippen molar-refractivity contribution < 1.29 is 18.0 Å². The SMILES string of the molecule is CS(=O)(=O)N(CC(=O)N(Cc1ccccc1)[C@H](Cc1ccccc1)C(=O)NC1CCCC1)c1ccc(Br)cc1. The normalized spacial score (nSPS) is 14.5. The van der Waals surface area contributed by atoms with Crippen LogP contribution in [0.3, 0.4) is 0 Å². The molecule has 7 nitrogen and oxygen atoms in total. The zero-order chi connectivity index (χ0) is 27.8. The third-order valence-corrected chi connectivity index (χ3v) is 8.63. The number of anilines is 1. The van der Waals surface area contributed by atoms with E-state index in [1.54, 1.807) is 24.3 Å². The number of sulfonamides is 1. The number of hydrogen-bond donors (Lipinski definition) is 1. The van der Waals surface area contributed by atoms with Crippen molar-refractivity contribution in [3.8, 4) is 0 Å². The van der Waals surface area contributed by atoms with Gasteiger partial charge in [0.2, 0.25) is 21.8 Å². The van der Waals surface area contributed by atoms with Gasteiger partial charge in [-0.15, -0.1) is 0 Å². The fourth-order valence-electron chi connectivity index (χ4n) is 4.92. The second-order valence-electron chi connectivity index (χ2n) is 9.95. The van der Waals surface area contributed by atoms with E-state index in [2.05, 4.69) is 21.2 Å². The second-order valence-corrected chi connectivity index (χ2v) is 12.8. The van der Waals surface area contributed by atoms with Crippen molar-refractivity contribution in [2.45, 2.75) is 50.7 Å². The lowest BCUT2D eigenvalue weighted by atomic mass is 10.0. The minimum atomic E-state index is -3.79. The second kappa shape index (κ2) is 13.3. The van der Waals surface area contributed by atoms with E-state index in [1.807, 2.05) is 60.7 Å². The molecule has 1 aliphatic rings. The molecular formula is C30H34BrN3O4S. The van der Waals surface area contributed by atoms with E-state index in [1.165, 1.54) is 4.90 Å². The maximum absolute atomic E-state index is 14.0. The molecule has 0 aliphatic heterocycles. The van der Waals surface area contributed by atoms with Crippen LogP contribution in [0.25, 0.3) is 0 Å². The summed E-state index contributed by atoms with van der Waals surface area (Å²) < 4.78 is 27.5. The highest BCUT2D eigenvalue weighted by Crippen LogP contribution is 2.23. The molecule has 0 radical (unpaired) electrons. The van der Waals surface area contributed by atoms with Crippen molar-refractivity contribution in [3.05, 3.63) is 101 Å². The van der Waals surface area contributed by atoms with E-state index in [9.17, 15) is 18.0 Å². The van der Waals surface area contributed by atoms with Gasteiger partial charge in [-0.1, -0.05) is 89.4 Å². The Kier molecular flexibility index (Phi) is 9.80. The number of nitrogens with one attached hydrogen (secondary N) is 1. The van der Waals surface area contributed by atoms with Crippen LogP contribution in [0.1, 0.15) is 36.8 Å². The van der Waals surface area contributed by atoms with Crippen LogP contribution in [0.4, 0.5) is 5.69 Å². The summed E-state index contributed by atoms with van der Waals surface area (Å²) in [5.41, 5.74) is 2.15. The zero-order valence-electron chi connectivity index (χ0n) is 22.0. The monoisotopic (exact) mass is 611 g/mol. The van der Waals surface area contributed by atoms with Gasteiger partial charge in [-0.25, -0.2) is 8.42 Å². The van der Waals surface area contributed by atoms with Gasteiger partial charge in [0.1, 0.15) is 12.6 Å². The number of rotatable bonds is 11. The predicted molar refractivity (Wildman–Crippen MR) is 158 cm³/mol. The number of nitrogens with zero attached hydrogens (tertiary/aromatic N) is 2. The Bertz CT molecular complexity index is 1350. The molecule has 4 rings (SSSR count). The molecule has 39 heavy (non-hydrogen) atoms. The summed E-state index contributed by atoms with van der Waals surface area (Å²) in [5, 5.41) is 3.17. The number of benzene rings is 3. The zero-order valence-corrected chi connectivity index (χ0v) is 24.4. The highest BCUT2D eigenvalue weighted by molar-refractivity contribution is 9.10. The summed E-state index contributed by atoms with van der Waals surface area (Å²) in [6, 6.07) is 25.1. The molecule has 1 saturated carbocycles. The maximum Gasteiger partial charge on any atom is 0.244 e. The van der Waals surface area contributed by atoms with E-state index < -0.39 is 28.5 Å². The molecule has 2 amide bonds. The average molecular weight is 613 g/mol. The van der Waals surface area contributed by atoms with Gasteiger partial charge in [0.05, 0.1) is 11.9 Å². The quantitative estimate of drug-likeness (QED) is 0.334. The van der Waals surface area contributed by atoms with Crippen LogP contribution in [0, 0.1) is 0 Å². The van der Waals surface area contributed by atoms with Gasteiger partial charge in [0.15, 0.2) is 0 Å². The van der Waals surface area contributed by atoms with Crippen molar-refractivity contribution >= 4 is 43.5 Å². The van der Waals surface area contributed by atoms with Gasteiger partial charge in [0, 0.05) is 23.5 Å². The van der Waals surface area contributed by atoms with Crippen LogP contribution in [-0.2, 0) is 32.6 Å². The summed E-state index contributed by atoms with van der Waals surface area (Å²) >= 11 is 3.37. The van der Waals surface area contributed by atoms with Gasteiger partial charge in [-0.3, -0.25) is 13.9 Å². The van der Waals surface area contributed by atoms with E-state index in [0.29, 0.717) is 12.1 Å². The molecule has 3 aromatic rings. The van der Waals surface area contributed by atoms with E-state index in [4.69, 9.17) is 0 Å². The Balaban J connectivity index is 1.70. The summed E-state index contributed by atoms with van der Waals surface area (Å²) in [4.78, 5) is 29.4. The number of hydrogen-bond acceptors (Lipinski definition) is 4. The largest absolute Gasteiger partial charge is 0.352 e. The average Bonchev–Trinajstić information content (AvgIpc) is 3.43. The van der Waals surface area contributed by atoms with Crippen LogP contribution < -0.4 is 9.62 Å². The summed E-state index contributed by atoms with van der Waals surface area (Å²) in [5.74, 6) is -0.667. The molecule has 0 spiro atoms. The van der Waals surface area contributed by atoms with Crippen LogP contribution in [0.15, 0.2) is 89.4 Å². The molecule has 9 heteroatoms. The van der Waals surface area contributed by atoms with Gasteiger partial charge < -0.3 is 10.2 Å². The first-order chi connectivity index (χ1) is 18.7. The van der Waals surface area contributed by atoms with E-state index in [0.717, 1.165) is 51.8 Å². The molecule has 206 valence electrons. The third kappa shape index (κ3) is 8.16. The molecule has 0 unspecified atom stereocenters. The number of carbonyl (C=O) groups is 2. The molecule has 0 bridgehead atoms. The predicted octanol–water partition coefficient (Wildman–Crippen LogP) is 4.91. The highest BCUT2D eigenvalue weighted by atomic mass is 79.9. The van der Waals surface area contributed by atoms with Crippen molar-refractivity contribution in [1.29, 1.82) is 0 Å². The summed E-state index contributed by atoms with van der Waals surface area (Å²) in [7, 11) is -3.79.